The lowest BCUT2D eigenvalue weighted by molar-refractivity contribution is -0.132. The molecule has 1 amide bonds. The molecular formula is C19H21Cl2NOS. The van der Waals surface area contributed by atoms with Gasteiger partial charge in [0.15, 0.2) is 0 Å². The van der Waals surface area contributed by atoms with Crippen molar-refractivity contribution in [3.05, 3.63) is 64.2 Å². The summed E-state index contributed by atoms with van der Waals surface area (Å²) >= 11 is 14.2. The van der Waals surface area contributed by atoms with E-state index in [1.54, 1.807) is 17.8 Å². The van der Waals surface area contributed by atoms with Gasteiger partial charge >= 0.3 is 0 Å². The number of hydrogen-bond donors (Lipinski definition) is 0. The molecule has 5 heteroatoms. The third-order valence-electron chi connectivity index (χ3n) is 4.40. The first-order valence-electron chi connectivity index (χ1n) is 7.72. The molecule has 0 aliphatic carbocycles. The lowest BCUT2D eigenvalue weighted by atomic mass is 9.93. The van der Waals surface area contributed by atoms with E-state index >= 15 is 0 Å². The first-order valence-corrected chi connectivity index (χ1v) is 9.70. The minimum absolute atomic E-state index is 0.0204. The molecule has 0 radical (unpaired) electrons. The summed E-state index contributed by atoms with van der Waals surface area (Å²) in [5, 5.41) is 1.10. The summed E-state index contributed by atoms with van der Waals surface area (Å²) in [6.45, 7) is 10.4. The average molecular weight is 382 g/mol. The highest BCUT2D eigenvalue weighted by Gasteiger charge is 2.28. The molecule has 1 aromatic rings. The van der Waals surface area contributed by atoms with Crippen LogP contribution in [0.1, 0.15) is 18.9 Å². The van der Waals surface area contributed by atoms with Crippen LogP contribution in [0.15, 0.2) is 53.5 Å². The topological polar surface area (TPSA) is 20.3 Å². The van der Waals surface area contributed by atoms with Crippen LogP contribution in [0.25, 0.3) is 0 Å². The SMILES string of the molecule is C=CC1=C(C=C)C(C)N(C(=O)Cc2c(Cl)ccc(SC)c2Cl)CC1. The Kier molecular flexibility index (Phi) is 6.62. The zero-order valence-corrected chi connectivity index (χ0v) is 16.3. The van der Waals surface area contributed by atoms with E-state index in [2.05, 4.69) is 13.2 Å². The van der Waals surface area contributed by atoms with Crippen molar-refractivity contribution in [3.63, 3.8) is 0 Å². The Balaban J connectivity index is 2.27. The molecule has 0 spiro atoms. The molecule has 0 N–H and O–H groups in total. The minimum Gasteiger partial charge on any atom is -0.335 e. The highest BCUT2D eigenvalue weighted by Crippen LogP contribution is 2.34. The minimum atomic E-state index is -0.0296. The molecule has 1 unspecified atom stereocenters. The summed E-state index contributed by atoms with van der Waals surface area (Å²) in [6.07, 6.45) is 6.60. The second-order valence-corrected chi connectivity index (χ2v) is 7.25. The van der Waals surface area contributed by atoms with Crippen molar-refractivity contribution < 1.29 is 4.79 Å². The zero-order chi connectivity index (χ0) is 17.9. The Hall–Kier alpha value is -1.16. The standard InChI is InChI=1S/C19H21Cl2NOS/c1-5-13-9-10-22(12(3)14(13)6-2)18(23)11-15-16(20)7-8-17(24-4)19(15)21/h5-8,12H,1-2,9-11H2,3-4H3. The molecule has 1 aliphatic rings. The fourth-order valence-corrected chi connectivity index (χ4v) is 4.27. The molecule has 24 heavy (non-hydrogen) atoms. The summed E-state index contributed by atoms with van der Waals surface area (Å²) in [6, 6.07) is 3.65. The van der Waals surface area contributed by atoms with Crippen molar-refractivity contribution >= 4 is 40.9 Å². The maximum Gasteiger partial charge on any atom is 0.227 e. The summed E-state index contributed by atoms with van der Waals surface area (Å²) in [5.41, 5.74) is 2.91. The van der Waals surface area contributed by atoms with Gasteiger partial charge < -0.3 is 4.90 Å². The smallest absolute Gasteiger partial charge is 0.227 e. The highest BCUT2D eigenvalue weighted by atomic mass is 35.5. The molecule has 1 aliphatic heterocycles. The van der Waals surface area contributed by atoms with E-state index < -0.39 is 0 Å². The van der Waals surface area contributed by atoms with Crippen molar-refractivity contribution in [3.8, 4) is 0 Å². The van der Waals surface area contributed by atoms with E-state index in [0.717, 1.165) is 22.5 Å². The van der Waals surface area contributed by atoms with Crippen LogP contribution >= 0.6 is 35.0 Å². The summed E-state index contributed by atoms with van der Waals surface area (Å²) in [5.74, 6) is 0.0204. The molecule has 0 aromatic heterocycles. The van der Waals surface area contributed by atoms with Gasteiger partial charge in [0.25, 0.3) is 0 Å². The van der Waals surface area contributed by atoms with Crippen LogP contribution in [0.3, 0.4) is 0 Å². The largest absolute Gasteiger partial charge is 0.335 e. The van der Waals surface area contributed by atoms with Crippen LogP contribution < -0.4 is 0 Å². The molecule has 0 bridgehead atoms. The predicted octanol–water partition coefficient (Wildman–Crippen LogP) is 5.55. The number of carbonyl (C=O) groups is 1. The van der Waals surface area contributed by atoms with Gasteiger partial charge in [-0.05, 0) is 48.4 Å². The highest BCUT2D eigenvalue weighted by molar-refractivity contribution is 7.98. The van der Waals surface area contributed by atoms with Gasteiger partial charge in [-0.3, -0.25) is 4.79 Å². The number of nitrogens with zero attached hydrogens (tertiary/aromatic N) is 1. The van der Waals surface area contributed by atoms with Gasteiger partial charge in [0.1, 0.15) is 0 Å². The van der Waals surface area contributed by atoms with E-state index in [-0.39, 0.29) is 18.4 Å². The van der Waals surface area contributed by atoms with E-state index in [4.69, 9.17) is 23.2 Å². The number of hydrogen-bond acceptors (Lipinski definition) is 2. The van der Waals surface area contributed by atoms with Gasteiger partial charge in [-0.25, -0.2) is 0 Å². The monoisotopic (exact) mass is 381 g/mol. The van der Waals surface area contributed by atoms with Gasteiger partial charge in [-0.1, -0.05) is 48.5 Å². The zero-order valence-electron chi connectivity index (χ0n) is 13.9. The van der Waals surface area contributed by atoms with Crippen LogP contribution in [0.5, 0.6) is 0 Å². The maximum absolute atomic E-state index is 12.9. The number of rotatable bonds is 5. The van der Waals surface area contributed by atoms with Crippen LogP contribution in [-0.2, 0) is 11.2 Å². The van der Waals surface area contributed by atoms with Gasteiger partial charge in [-0.15, -0.1) is 11.8 Å². The van der Waals surface area contributed by atoms with Gasteiger partial charge in [0.2, 0.25) is 5.91 Å². The van der Waals surface area contributed by atoms with Crippen molar-refractivity contribution in [1.29, 1.82) is 0 Å². The maximum atomic E-state index is 12.9. The Morgan fingerprint density at radius 3 is 2.67 bits per heavy atom. The number of halogens is 2. The molecular weight excluding hydrogens is 361 g/mol. The molecule has 0 saturated heterocycles. The lowest BCUT2D eigenvalue weighted by Crippen LogP contribution is -2.44. The molecule has 0 fully saturated rings. The molecule has 1 atom stereocenters. The Bertz CT molecular complexity index is 712. The third-order valence-corrected chi connectivity index (χ3v) is 6.07. The fraction of sp³-hybridized carbons (Fsp3) is 0.316. The van der Waals surface area contributed by atoms with Crippen LogP contribution in [0, 0.1) is 0 Å². The molecule has 1 aromatic carbocycles. The third kappa shape index (κ3) is 3.74. The number of carbonyl (C=O) groups excluding carboxylic acids is 1. The first-order chi connectivity index (χ1) is 11.4. The summed E-state index contributed by atoms with van der Waals surface area (Å²) < 4.78 is 0. The molecule has 128 valence electrons. The predicted molar refractivity (Wildman–Crippen MR) is 105 cm³/mol. The Morgan fingerprint density at radius 1 is 1.38 bits per heavy atom. The lowest BCUT2D eigenvalue weighted by Gasteiger charge is -2.36. The Labute approximate surface area is 158 Å². The van der Waals surface area contributed by atoms with E-state index in [0.29, 0.717) is 22.2 Å². The van der Waals surface area contributed by atoms with E-state index in [1.165, 1.54) is 0 Å². The Morgan fingerprint density at radius 2 is 2.08 bits per heavy atom. The van der Waals surface area contributed by atoms with Crippen LogP contribution in [0.4, 0.5) is 0 Å². The normalized spacial score (nSPS) is 17.8. The first kappa shape index (κ1) is 19.2. The number of amides is 1. The van der Waals surface area contributed by atoms with Crippen LogP contribution in [0.2, 0.25) is 10.0 Å². The van der Waals surface area contributed by atoms with Crippen molar-refractivity contribution in [1.82, 2.24) is 4.90 Å². The number of thioether (sulfide) groups is 1. The van der Waals surface area contributed by atoms with E-state index in [1.807, 2.05) is 36.3 Å². The second-order valence-electron chi connectivity index (χ2n) is 5.62. The number of benzene rings is 1. The summed E-state index contributed by atoms with van der Waals surface area (Å²) in [7, 11) is 0. The van der Waals surface area contributed by atoms with E-state index in [9.17, 15) is 4.79 Å². The van der Waals surface area contributed by atoms with Crippen molar-refractivity contribution in [2.75, 3.05) is 12.8 Å². The van der Waals surface area contributed by atoms with Gasteiger partial charge in [0, 0.05) is 16.5 Å². The number of allylic oxidation sites excluding steroid dienone is 1. The molecule has 2 nitrogen and oxygen atoms in total. The molecule has 0 saturated carbocycles. The second kappa shape index (κ2) is 8.28. The average Bonchev–Trinajstić information content (AvgIpc) is 2.58. The van der Waals surface area contributed by atoms with Crippen molar-refractivity contribution in [2.45, 2.75) is 30.7 Å². The molecule has 1 heterocycles. The van der Waals surface area contributed by atoms with Crippen molar-refractivity contribution in [2.24, 2.45) is 0 Å². The van der Waals surface area contributed by atoms with Gasteiger partial charge in [-0.2, -0.15) is 0 Å². The summed E-state index contributed by atoms with van der Waals surface area (Å²) in [4.78, 5) is 15.6. The van der Waals surface area contributed by atoms with Gasteiger partial charge in [0.05, 0.1) is 17.5 Å². The fourth-order valence-electron chi connectivity index (χ4n) is 3.03. The molecule has 2 rings (SSSR count). The quantitative estimate of drug-likeness (QED) is 0.623. The van der Waals surface area contributed by atoms with Crippen LogP contribution in [-0.4, -0.2) is 29.6 Å².